The van der Waals surface area contributed by atoms with Gasteiger partial charge in [0.1, 0.15) is 12.0 Å². The molecule has 0 aromatic carbocycles. The maximum absolute atomic E-state index is 11.7. The van der Waals surface area contributed by atoms with Crippen LogP contribution in [-0.4, -0.2) is 47.0 Å². The minimum absolute atomic E-state index is 0.262. The van der Waals surface area contributed by atoms with Gasteiger partial charge >= 0.3 is 0 Å². The van der Waals surface area contributed by atoms with Crippen molar-refractivity contribution in [2.75, 3.05) is 19.3 Å². The Kier molecular flexibility index (Phi) is 4.21. The number of nitrogens with zero attached hydrogens (tertiary/aromatic N) is 4. The second-order valence-electron chi connectivity index (χ2n) is 5.57. The molecule has 8 heteroatoms. The molecule has 0 bridgehead atoms. The lowest BCUT2D eigenvalue weighted by molar-refractivity contribution is 0.265. The van der Waals surface area contributed by atoms with E-state index in [0.717, 1.165) is 18.5 Å². The third kappa shape index (κ3) is 3.50. The smallest absolute Gasteiger partial charge is 0.246 e. The van der Waals surface area contributed by atoms with Crippen molar-refractivity contribution in [1.29, 1.82) is 0 Å². The van der Waals surface area contributed by atoms with Gasteiger partial charge in [-0.05, 0) is 25.2 Å². The summed E-state index contributed by atoms with van der Waals surface area (Å²) in [5, 5.41) is 0. The Morgan fingerprint density at radius 3 is 3.00 bits per heavy atom. The standard InChI is InChI=1S/C14H18N4O3S/c1-22(19,20)18-5-2-3-11(10-18)7-12-8-15-9-13(17-12)14-16-4-6-21-14/h4,6,8-9,11H,2-3,5,7,10H2,1H3/t11-/m0/s1. The van der Waals surface area contributed by atoms with E-state index in [0.29, 0.717) is 31.1 Å². The largest absolute Gasteiger partial charge is 0.443 e. The van der Waals surface area contributed by atoms with Crippen LogP contribution in [0.2, 0.25) is 0 Å². The first-order chi connectivity index (χ1) is 10.5. The molecular formula is C14H18N4O3S. The third-order valence-corrected chi connectivity index (χ3v) is 5.05. The molecule has 0 radical (unpaired) electrons. The lowest BCUT2D eigenvalue weighted by Gasteiger charge is -2.30. The van der Waals surface area contributed by atoms with Crippen LogP contribution in [0.5, 0.6) is 0 Å². The fourth-order valence-corrected chi connectivity index (χ4v) is 3.69. The van der Waals surface area contributed by atoms with Crippen molar-refractivity contribution in [2.24, 2.45) is 5.92 Å². The molecule has 0 amide bonds. The molecule has 2 aromatic heterocycles. The highest BCUT2D eigenvalue weighted by Gasteiger charge is 2.26. The number of hydrogen-bond acceptors (Lipinski definition) is 6. The molecule has 3 heterocycles. The highest BCUT2D eigenvalue weighted by atomic mass is 32.2. The van der Waals surface area contributed by atoms with Crippen LogP contribution in [0.4, 0.5) is 0 Å². The van der Waals surface area contributed by atoms with E-state index in [1.807, 2.05) is 0 Å². The van der Waals surface area contributed by atoms with Crippen LogP contribution in [-0.2, 0) is 16.4 Å². The van der Waals surface area contributed by atoms with Gasteiger partial charge in [-0.1, -0.05) is 0 Å². The van der Waals surface area contributed by atoms with Crippen LogP contribution < -0.4 is 0 Å². The zero-order valence-corrected chi connectivity index (χ0v) is 13.2. The lowest BCUT2D eigenvalue weighted by Crippen LogP contribution is -2.39. The Morgan fingerprint density at radius 1 is 1.41 bits per heavy atom. The van der Waals surface area contributed by atoms with Gasteiger partial charge in [0.15, 0.2) is 0 Å². The molecule has 7 nitrogen and oxygen atoms in total. The summed E-state index contributed by atoms with van der Waals surface area (Å²) < 4.78 is 30.1. The van der Waals surface area contributed by atoms with Crippen molar-refractivity contribution in [3.63, 3.8) is 0 Å². The molecule has 1 fully saturated rings. The fraction of sp³-hybridized carbons (Fsp3) is 0.500. The topological polar surface area (TPSA) is 89.2 Å². The summed E-state index contributed by atoms with van der Waals surface area (Å²) in [5.74, 6) is 0.702. The number of rotatable bonds is 4. The first-order valence-electron chi connectivity index (χ1n) is 7.18. The molecule has 1 atom stereocenters. The van der Waals surface area contributed by atoms with E-state index < -0.39 is 10.0 Å². The van der Waals surface area contributed by atoms with E-state index in [2.05, 4.69) is 15.0 Å². The molecule has 3 rings (SSSR count). The molecule has 0 saturated carbocycles. The van der Waals surface area contributed by atoms with E-state index in [9.17, 15) is 8.42 Å². The summed E-state index contributed by atoms with van der Waals surface area (Å²) in [7, 11) is -3.12. The number of aromatic nitrogens is 3. The molecule has 1 aliphatic rings. The van der Waals surface area contributed by atoms with Gasteiger partial charge in [-0.3, -0.25) is 4.98 Å². The van der Waals surface area contributed by atoms with Crippen LogP contribution >= 0.6 is 0 Å². The number of piperidine rings is 1. The highest BCUT2D eigenvalue weighted by molar-refractivity contribution is 7.88. The second-order valence-corrected chi connectivity index (χ2v) is 7.55. The van der Waals surface area contributed by atoms with Crippen LogP contribution in [0.15, 0.2) is 29.3 Å². The average molecular weight is 322 g/mol. The summed E-state index contributed by atoms with van der Waals surface area (Å²) >= 11 is 0. The molecule has 0 aliphatic carbocycles. The highest BCUT2D eigenvalue weighted by Crippen LogP contribution is 2.22. The van der Waals surface area contributed by atoms with Crippen molar-refractivity contribution >= 4 is 10.0 Å². The molecule has 0 N–H and O–H groups in total. The Balaban J connectivity index is 1.72. The SMILES string of the molecule is CS(=O)(=O)N1CCC[C@@H](Cc2cncc(-c3ncco3)n2)C1. The van der Waals surface area contributed by atoms with Crippen molar-refractivity contribution < 1.29 is 12.8 Å². The minimum atomic E-state index is -3.12. The van der Waals surface area contributed by atoms with Gasteiger partial charge in [0, 0.05) is 19.3 Å². The number of oxazole rings is 1. The molecule has 1 aliphatic heterocycles. The van der Waals surface area contributed by atoms with Crippen molar-refractivity contribution in [3.05, 3.63) is 30.5 Å². The predicted octanol–water partition coefficient (Wildman–Crippen LogP) is 1.35. The van der Waals surface area contributed by atoms with Gasteiger partial charge in [0.25, 0.3) is 0 Å². The molecule has 118 valence electrons. The van der Waals surface area contributed by atoms with Crippen LogP contribution in [0.25, 0.3) is 11.6 Å². The van der Waals surface area contributed by atoms with Gasteiger partial charge in [-0.25, -0.2) is 22.7 Å². The van der Waals surface area contributed by atoms with Gasteiger partial charge in [0.2, 0.25) is 15.9 Å². The van der Waals surface area contributed by atoms with Crippen molar-refractivity contribution in [3.8, 4) is 11.6 Å². The molecular weight excluding hydrogens is 304 g/mol. The van der Waals surface area contributed by atoms with E-state index in [4.69, 9.17) is 4.42 Å². The van der Waals surface area contributed by atoms with Gasteiger partial charge in [0.05, 0.1) is 24.3 Å². The molecule has 1 saturated heterocycles. The molecule has 0 unspecified atom stereocenters. The summed E-state index contributed by atoms with van der Waals surface area (Å²) in [6.45, 7) is 1.15. The Morgan fingerprint density at radius 2 is 2.27 bits per heavy atom. The van der Waals surface area contributed by atoms with Crippen molar-refractivity contribution in [2.45, 2.75) is 19.3 Å². The Bertz CT molecular complexity index is 730. The summed E-state index contributed by atoms with van der Waals surface area (Å²) in [4.78, 5) is 12.8. The molecule has 0 spiro atoms. The molecule has 2 aromatic rings. The van der Waals surface area contributed by atoms with Crippen LogP contribution in [0, 0.1) is 5.92 Å². The summed E-state index contributed by atoms with van der Waals surface area (Å²) in [6, 6.07) is 0. The monoisotopic (exact) mass is 322 g/mol. The lowest BCUT2D eigenvalue weighted by atomic mass is 9.95. The van der Waals surface area contributed by atoms with Crippen molar-refractivity contribution in [1.82, 2.24) is 19.3 Å². The number of sulfonamides is 1. The number of hydrogen-bond donors (Lipinski definition) is 0. The minimum Gasteiger partial charge on any atom is -0.443 e. The zero-order valence-electron chi connectivity index (χ0n) is 12.3. The second kappa shape index (κ2) is 6.13. The average Bonchev–Trinajstić information content (AvgIpc) is 3.01. The predicted molar refractivity (Wildman–Crippen MR) is 80.4 cm³/mol. The van der Waals surface area contributed by atoms with Gasteiger partial charge in [-0.15, -0.1) is 0 Å². The first kappa shape index (κ1) is 15.1. The van der Waals surface area contributed by atoms with E-state index in [-0.39, 0.29) is 5.92 Å². The normalized spacial score (nSPS) is 20.1. The van der Waals surface area contributed by atoms with Crippen LogP contribution in [0.1, 0.15) is 18.5 Å². The van der Waals surface area contributed by atoms with E-state index >= 15 is 0 Å². The quantitative estimate of drug-likeness (QED) is 0.844. The zero-order chi connectivity index (χ0) is 15.6. The summed E-state index contributed by atoms with van der Waals surface area (Å²) in [5.41, 5.74) is 1.43. The van der Waals surface area contributed by atoms with E-state index in [1.54, 1.807) is 22.9 Å². The molecule has 22 heavy (non-hydrogen) atoms. The van der Waals surface area contributed by atoms with E-state index in [1.165, 1.54) is 12.5 Å². The Labute approximate surface area is 129 Å². The Hall–Kier alpha value is -1.80. The fourth-order valence-electron chi connectivity index (χ4n) is 2.75. The van der Waals surface area contributed by atoms with Crippen LogP contribution in [0.3, 0.4) is 0 Å². The first-order valence-corrected chi connectivity index (χ1v) is 9.03. The maximum atomic E-state index is 11.7. The third-order valence-electron chi connectivity index (χ3n) is 3.78. The maximum Gasteiger partial charge on any atom is 0.246 e. The van der Waals surface area contributed by atoms with Gasteiger partial charge < -0.3 is 4.42 Å². The summed E-state index contributed by atoms with van der Waals surface area (Å²) in [6.07, 6.45) is 10.2. The van der Waals surface area contributed by atoms with Gasteiger partial charge in [-0.2, -0.15) is 0 Å².